The molecule has 27 heavy (non-hydrogen) atoms. The van der Waals surface area contributed by atoms with Gasteiger partial charge in [0.25, 0.3) is 5.56 Å². The van der Waals surface area contributed by atoms with Crippen molar-refractivity contribution in [3.05, 3.63) is 111 Å². The van der Waals surface area contributed by atoms with Gasteiger partial charge in [0.15, 0.2) is 0 Å². The Kier molecular flexibility index (Phi) is 3.50. The summed E-state index contributed by atoms with van der Waals surface area (Å²) >= 11 is 0. The number of fused-ring (bicyclic) bond motifs is 4. The Morgan fingerprint density at radius 3 is 2.56 bits per heavy atom. The van der Waals surface area contributed by atoms with Crippen LogP contribution in [0.2, 0.25) is 0 Å². The molecule has 3 nitrogen and oxygen atoms in total. The summed E-state index contributed by atoms with van der Waals surface area (Å²) in [6.45, 7) is 0.619. The van der Waals surface area contributed by atoms with Crippen LogP contribution in [0.5, 0.6) is 0 Å². The lowest BCUT2D eigenvalue weighted by Crippen LogP contribution is -2.23. The van der Waals surface area contributed by atoms with E-state index in [0.29, 0.717) is 23.3 Å². The van der Waals surface area contributed by atoms with Crippen LogP contribution in [0.1, 0.15) is 22.5 Å². The zero-order valence-electron chi connectivity index (χ0n) is 14.4. The van der Waals surface area contributed by atoms with Gasteiger partial charge in [0.05, 0.1) is 17.4 Å². The van der Waals surface area contributed by atoms with Crippen LogP contribution in [0.25, 0.3) is 22.6 Å². The third-order valence-corrected chi connectivity index (χ3v) is 4.97. The second-order valence-corrected chi connectivity index (χ2v) is 6.58. The van der Waals surface area contributed by atoms with Crippen LogP contribution < -0.4 is 5.56 Å². The minimum atomic E-state index is -0.303. The summed E-state index contributed by atoms with van der Waals surface area (Å²) in [5, 5.41) is 0.589. The summed E-state index contributed by atoms with van der Waals surface area (Å²) in [6, 6.07) is 22.1. The molecule has 0 fully saturated rings. The van der Waals surface area contributed by atoms with Crippen molar-refractivity contribution in [1.82, 2.24) is 9.55 Å². The van der Waals surface area contributed by atoms with Crippen LogP contribution in [-0.2, 0) is 6.54 Å². The Labute approximate surface area is 155 Å². The molecule has 1 aliphatic heterocycles. The summed E-state index contributed by atoms with van der Waals surface area (Å²) in [7, 11) is 0. The number of hydrogen-bond donors (Lipinski definition) is 0. The lowest BCUT2D eigenvalue weighted by molar-refractivity contribution is 0.625. The second kappa shape index (κ2) is 6.02. The maximum Gasteiger partial charge on any atom is 0.281 e. The molecule has 130 valence electrons. The molecule has 0 amide bonds. The number of nitrogens with zero attached hydrogens (tertiary/aromatic N) is 2. The van der Waals surface area contributed by atoms with Crippen molar-refractivity contribution in [1.29, 1.82) is 0 Å². The normalized spacial score (nSPS) is 14.2. The van der Waals surface area contributed by atoms with Gasteiger partial charge in [-0.1, -0.05) is 54.6 Å². The van der Waals surface area contributed by atoms with E-state index in [1.165, 1.54) is 6.07 Å². The molecule has 5 rings (SSSR count). The highest BCUT2D eigenvalue weighted by molar-refractivity contribution is 5.93. The van der Waals surface area contributed by atoms with Gasteiger partial charge in [-0.25, -0.2) is 4.39 Å². The van der Waals surface area contributed by atoms with Crippen molar-refractivity contribution in [3.63, 3.8) is 0 Å². The fraction of sp³-hybridized carbons (Fsp3) is 0.0435. The zero-order chi connectivity index (χ0) is 18.4. The van der Waals surface area contributed by atoms with E-state index in [2.05, 4.69) is 11.1 Å². The van der Waals surface area contributed by atoms with Gasteiger partial charge >= 0.3 is 0 Å². The number of aromatic nitrogens is 2. The molecule has 2 heterocycles. The molecule has 4 aromatic rings. The van der Waals surface area contributed by atoms with Gasteiger partial charge in [-0.15, -0.1) is 0 Å². The molecule has 1 aromatic heterocycles. The van der Waals surface area contributed by atoms with E-state index < -0.39 is 0 Å². The highest BCUT2D eigenvalue weighted by atomic mass is 19.1. The van der Waals surface area contributed by atoms with E-state index in [9.17, 15) is 9.18 Å². The summed E-state index contributed by atoms with van der Waals surface area (Å²) in [5.41, 5.74) is 3.88. The van der Waals surface area contributed by atoms with Gasteiger partial charge < -0.3 is 4.57 Å². The molecule has 1 aliphatic rings. The van der Waals surface area contributed by atoms with Crippen molar-refractivity contribution in [3.8, 4) is 0 Å². The summed E-state index contributed by atoms with van der Waals surface area (Å²) in [4.78, 5) is 17.0. The molecule has 0 spiro atoms. The first kappa shape index (κ1) is 15.7. The summed E-state index contributed by atoms with van der Waals surface area (Å²) in [5.74, 6) is 0.267. The third-order valence-electron chi connectivity index (χ3n) is 4.97. The minimum Gasteiger partial charge on any atom is -0.320 e. The Morgan fingerprint density at radius 2 is 1.67 bits per heavy atom. The number of para-hydroxylation sites is 1. The molecule has 0 radical (unpaired) electrons. The maximum atomic E-state index is 14.3. The van der Waals surface area contributed by atoms with Crippen molar-refractivity contribution in [2.75, 3.05) is 0 Å². The third kappa shape index (κ3) is 2.49. The van der Waals surface area contributed by atoms with Crippen molar-refractivity contribution in [2.45, 2.75) is 6.54 Å². The predicted octanol–water partition coefficient (Wildman–Crippen LogP) is 4.49. The Bertz CT molecular complexity index is 1290. The summed E-state index contributed by atoms with van der Waals surface area (Å²) in [6.07, 6.45) is 1.78. The Balaban J connectivity index is 1.87. The van der Waals surface area contributed by atoms with E-state index >= 15 is 0 Å². The van der Waals surface area contributed by atoms with Crippen molar-refractivity contribution in [2.24, 2.45) is 0 Å². The van der Waals surface area contributed by atoms with Crippen LogP contribution in [0.3, 0.4) is 0 Å². The van der Waals surface area contributed by atoms with Gasteiger partial charge in [0, 0.05) is 11.1 Å². The van der Waals surface area contributed by atoms with Crippen LogP contribution in [0, 0.1) is 5.82 Å². The molecule has 3 aromatic carbocycles. The quantitative estimate of drug-likeness (QED) is 0.445. The van der Waals surface area contributed by atoms with Crippen LogP contribution >= 0.6 is 0 Å². The Hall–Kier alpha value is -3.53. The van der Waals surface area contributed by atoms with E-state index in [1.54, 1.807) is 30.3 Å². The maximum absolute atomic E-state index is 14.3. The largest absolute Gasteiger partial charge is 0.320 e. The number of benzene rings is 3. The van der Waals surface area contributed by atoms with E-state index in [-0.39, 0.29) is 11.4 Å². The van der Waals surface area contributed by atoms with Gasteiger partial charge in [0.2, 0.25) is 0 Å². The molecule has 0 unspecified atom stereocenters. The fourth-order valence-corrected chi connectivity index (χ4v) is 3.69. The Morgan fingerprint density at radius 1 is 0.926 bits per heavy atom. The van der Waals surface area contributed by atoms with Crippen LogP contribution in [0.15, 0.2) is 77.6 Å². The van der Waals surface area contributed by atoms with Gasteiger partial charge in [-0.05, 0) is 35.4 Å². The highest BCUT2D eigenvalue weighted by Gasteiger charge is 2.23. The first-order chi connectivity index (χ1) is 13.2. The number of halogens is 1. The lowest BCUT2D eigenvalue weighted by Gasteiger charge is -2.25. The molecule has 0 saturated heterocycles. The monoisotopic (exact) mass is 354 g/mol. The van der Waals surface area contributed by atoms with Crippen LogP contribution in [-0.4, -0.2) is 9.55 Å². The smallest absolute Gasteiger partial charge is 0.281 e. The minimum absolute atomic E-state index is 0.268. The molecule has 0 bridgehead atoms. The SMILES string of the molecule is O=c1nc2n(c3ccccc13)Cc1ccccc1/C2=C\c1ccccc1F. The highest BCUT2D eigenvalue weighted by Crippen LogP contribution is 2.34. The number of hydrogen-bond acceptors (Lipinski definition) is 2. The molecular formula is C23H15FN2O. The molecule has 0 saturated carbocycles. The zero-order valence-corrected chi connectivity index (χ0v) is 14.4. The van der Waals surface area contributed by atoms with E-state index in [4.69, 9.17) is 0 Å². The van der Waals surface area contributed by atoms with Gasteiger partial charge in [-0.3, -0.25) is 4.79 Å². The van der Waals surface area contributed by atoms with Gasteiger partial charge in [0.1, 0.15) is 11.6 Å². The molecular weight excluding hydrogens is 339 g/mol. The summed E-state index contributed by atoms with van der Waals surface area (Å²) < 4.78 is 16.3. The lowest BCUT2D eigenvalue weighted by atomic mass is 9.93. The second-order valence-electron chi connectivity index (χ2n) is 6.58. The average molecular weight is 354 g/mol. The molecule has 0 N–H and O–H groups in total. The first-order valence-electron chi connectivity index (χ1n) is 8.77. The standard InChI is InChI=1S/C23H15FN2O/c24-20-11-5-2-7-15(20)13-19-17-9-3-1-8-16(17)14-26-21-12-6-4-10-18(21)23(27)25-22(19)26/h1-13H,14H2/b19-13+. The number of rotatable bonds is 1. The van der Waals surface area contributed by atoms with Gasteiger partial charge in [-0.2, -0.15) is 4.98 Å². The van der Waals surface area contributed by atoms with Crippen molar-refractivity contribution >= 4 is 22.6 Å². The fourth-order valence-electron chi connectivity index (χ4n) is 3.69. The molecule has 0 atom stereocenters. The average Bonchev–Trinajstić information content (AvgIpc) is 2.70. The molecule has 4 heteroatoms. The van der Waals surface area contributed by atoms with E-state index in [0.717, 1.165) is 22.2 Å². The predicted molar refractivity (Wildman–Crippen MR) is 105 cm³/mol. The topological polar surface area (TPSA) is 34.9 Å². The van der Waals surface area contributed by atoms with Crippen molar-refractivity contribution < 1.29 is 4.39 Å². The van der Waals surface area contributed by atoms with E-state index in [1.807, 2.05) is 41.0 Å². The van der Waals surface area contributed by atoms with Crippen LogP contribution in [0.4, 0.5) is 4.39 Å². The molecule has 0 aliphatic carbocycles. The first-order valence-corrected chi connectivity index (χ1v) is 8.77.